The lowest BCUT2D eigenvalue weighted by atomic mass is 9.89. The van der Waals surface area contributed by atoms with Gasteiger partial charge in [0.1, 0.15) is 30.6 Å². The molecule has 22 nitrogen and oxygen atoms in total. The minimum Gasteiger partial charge on any atom is -0.481 e. The molecule has 6 aliphatic heterocycles. The van der Waals surface area contributed by atoms with Gasteiger partial charge in [0.15, 0.2) is 5.15 Å². The van der Waals surface area contributed by atoms with Crippen LogP contribution in [0.3, 0.4) is 0 Å². The van der Waals surface area contributed by atoms with Crippen LogP contribution in [0.25, 0.3) is 33.1 Å². The van der Waals surface area contributed by atoms with Gasteiger partial charge in [-0.3, -0.25) is 43.5 Å². The van der Waals surface area contributed by atoms with E-state index in [-0.39, 0.29) is 109 Å². The summed E-state index contributed by atoms with van der Waals surface area (Å²) in [6, 6.07) is 47.1. The summed E-state index contributed by atoms with van der Waals surface area (Å²) in [5, 5.41) is 37.7. The number of nitrogens with two attached hydrogens (primary N) is 1. The average Bonchev–Trinajstić information content (AvgIpc) is 1.43. The molecule has 8 aromatic rings. The molecule has 6 N–H and O–H groups in total. The van der Waals surface area contributed by atoms with E-state index in [0.717, 1.165) is 83.3 Å². The van der Waals surface area contributed by atoms with Crippen LogP contribution in [0.4, 0.5) is 0 Å². The van der Waals surface area contributed by atoms with Crippen molar-refractivity contribution in [3.8, 4) is 0 Å². The molecule has 0 amide bonds. The van der Waals surface area contributed by atoms with Gasteiger partial charge in [-0.15, -0.1) is 37.2 Å². The number of carbonyl (C=O) groups excluding carboxylic acids is 2. The summed E-state index contributed by atoms with van der Waals surface area (Å²) in [5.74, 6) is -4.06. The van der Waals surface area contributed by atoms with Gasteiger partial charge in [0.25, 0.3) is 16.7 Å². The van der Waals surface area contributed by atoms with E-state index in [1.54, 1.807) is 0 Å². The Labute approximate surface area is 729 Å². The fraction of sp³-hybridized carbons (Fsp3) is 0.585. The minimum absolute atomic E-state index is 0. The van der Waals surface area contributed by atoms with Gasteiger partial charge in [0.2, 0.25) is 0 Å². The van der Waals surface area contributed by atoms with E-state index < -0.39 is 55.6 Å². The van der Waals surface area contributed by atoms with Gasteiger partial charge in [-0.05, 0) is 163 Å². The van der Waals surface area contributed by atoms with Crippen molar-refractivity contribution in [3.05, 3.63) is 192 Å². The predicted molar refractivity (Wildman–Crippen MR) is 478 cm³/mol. The number of aliphatic hydroxyl groups excluding tert-OH is 3. The molecule has 0 radical (unpaired) electrons. The van der Waals surface area contributed by atoms with E-state index in [1.807, 2.05) is 147 Å². The Hall–Kier alpha value is -7.19. The first-order valence-electron chi connectivity index (χ1n) is 44.4. The zero-order valence-electron chi connectivity index (χ0n) is 69.4. The number of aromatic nitrogens is 6. The van der Waals surface area contributed by atoms with Crippen molar-refractivity contribution in [2.45, 2.75) is 316 Å². The smallest absolute Gasteiger partial charge is 0.325 e. The van der Waals surface area contributed by atoms with Crippen LogP contribution in [-0.4, -0.2) is 162 Å². The number of hydrogen-bond acceptors (Lipinski definition) is 18. The molecule has 6 bridgehead atoms. The molecule has 3 aromatic heterocycles. The van der Waals surface area contributed by atoms with E-state index in [9.17, 15) is 44.1 Å². The van der Waals surface area contributed by atoms with Gasteiger partial charge in [-0.25, -0.2) is 15.0 Å². The lowest BCUT2D eigenvalue weighted by Gasteiger charge is -2.45. The highest BCUT2D eigenvalue weighted by Gasteiger charge is 2.48. The molecule has 3 unspecified atom stereocenters. The van der Waals surface area contributed by atoms with Gasteiger partial charge in [0.05, 0.1) is 64.8 Å². The lowest BCUT2D eigenvalue weighted by molar-refractivity contribution is -0.151. The minimum atomic E-state index is -1.10. The van der Waals surface area contributed by atoms with Crippen molar-refractivity contribution in [1.29, 1.82) is 0 Å². The van der Waals surface area contributed by atoms with Crippen LogP contribution in [0, 0.1) is 11.8 Å². The molecule has 5 aromatic carbocycles. The number of hydrogen-bond donors (Lipinski definition) is 5. The quantitative estimate of drug-likeness (QED) is 0.0443. The lowest BCUT2D eigenvalue weighted by Crippen LogP contribution is -2.50. The van der Waals surface area contributed by atoms with Crippen LogP contribution in [0.15, 0.2) is 148 Å². The maximum absolute atomic E-state index is 14.1. The highest BCUT2D eigenvalue weighted by Crippen LogP contribution is 2.48. The molecule has 652 valence electrons. The molecule has 12 atom stereocenters. The van der Waals surface area contributed by atoms with Crippen LogP contribution >= 0.6 is 48.8 Å². The van der Waals surface area contributed by atoms with Crippen LogP contribution in [0.5, 0.6) is 0 Å². The Morgan fingerprint density at radius 1 is 0.367 bits per heavy atom. The molecule has 17 rings (SSSR count). The number of piperidine rings is 3. The van der Waals surface area contributed by atoms with Gasteiger partial charge < -0.3 is 49.3 Å². The number of nitrogens with zero attached hydrogens (tertiary/aromatic N) is 9. The Kier molecular flexibility index (Phi) is 35.4. The molecular weight excluding hydrogens is 1600 g/mol. The summed E-state index contributed by atoms with van der Waals surface area (Å²) < 4.78 is 16.2. The zero-order chi connectivity index (χ0) is 81.3. The first-order valence-corrected chi connectivity index (χ1v) is 44.7. The number of halogens is 4. The summed E-state index contributed by atoms with van der Waals surface area (Å²) in [4.78, 5) is 98.3. The SMILES string of the molecule is Cl.Cl.Cl.N[C@H](CO)C(=O)OCc1ccccc1.O=C(O)[C@@H](CO)Cc1nc2ccccc2n(C2C[C@H]3CC[C@@H](C2)N3C2CCCCCCC2)c1=O.O=C(OCc1ccccc1)[C@@H](CO)Cc1nc2ccccc2n(C2C[C@H]3CC[C@@H](C2)N3C2CCCCCCC2)c1=O.O=c1c(Cl)nc2ccccc2n1C1C[C@H]2CC[C@@H](C1)N2C1CCCCCCC1. The number of para-hydroxylation sites is 6. The molecule has 120 heavy (non-hydrogen) atoms. The highest BCUT2D eigenvalue weighted by molar-refractivity contribution is 6.29. The maximum Gasteiger partial charge on any atom is 0.325 e. The van der Waals surface area contributed by atoms with Crippen molar-refractivity contribution in [1.82, 2.24) is 43.4 Å². The van der Waals surface area contributed by atoms with Crippen molar-refractivity contribution in [2.24, 2.45) is 17.6 Å². The monoisotopic (exact) mass is 1730 g/mol. The number of esters is 2. The van der Waals surface area contributed by atoms with E-state index in [0.29, 0.717) is 59.5 Å². The first-order chi connectivity index (χ1) is 57.1. The van der Waals surface area contributed by atoms with E-state index in [1.165, 1.54) is 173 Å². The molecule has 0 spiro atoms. The van der Waals surface area contributed by atoms with Crippen molar-refractivity contribution in [3.63, 3.8) is 0 Å². The number of fused-ring (bicyclic) bond motifs is 9. The summed E-state index contributed by atoms with van der Waals surface area (Å²) in [7, 11) is 0. The maximum atomic E-state index is 14.1. The van der Waals surface area contributed by atoms with Gasteiger partial charge in [-0.2, -0.15) is 0 Å². The summed E-state index contributed by atoms with van der Waals surface area (Å²) >= 11 is 6.23. The second-order valence-corrected chi connectivity index (χ2v) is 35.2. The Bertz CT molecular complexity index is 4750. The summed E-state index contributed by atoms with van der Waals surface area (Å²) in [6.07, 6.45) is 41.9. The topological polar surface area (TPSA) is 291 Å². The molecule has 26 heteroatoms. The number of rotatable bonds is 20. The Balaban J connectivity index is 0.000000163. The van der Waals surface area contributed by atoms with E-state index in [2.05, 4.69) is 24.7 Å². The average molecular weight is 1730 g/mol. The summed E-state index contributed by atoms with van der Waals surface area (Å²) in [6.45, 7) is -0.979. The van der Waals surface area contributed by atoms with Crippen LogP contribution in [0.2, 0.25) is 5.15 Å². The molecular formula is C94H126Cl4N10O12. The van der Waals surface area contributed by atoms with Crippen molar-refractivity contribution in [2.75, 3.05) is 19.8 Å². The van der Waals surface area contributed by atoms with Crippen LogP contribution in [0.1, 0.15) is 253 Å². The predicted octanol–water partition coefficient (Wildman–Crippen LogP) is 16.1. The first kappa shape index (κ1) is 93.5. The number of aliphatic hydroxyl groups is 3. The molecule has 3 aliphatic carbocycles. The van der Waals surface area contributed by atoms with Gasteiger partial charge >= 0.3 is 17.9 Å². The second-order valence-electron chi connectivity index (χ2n) is 34.9. The Morgan fingerprint density at radius 2 is 0.658 bits per heavy atom. The van der Waals surface area contributed by atoms with E-state index >= 15 is 0 Å². The number of aliphatic carboxylic acids is 1. The largest absolute Gasteiger partial charge is 0.481 e. The number of carboxylic acid groups (broad SMARTS) is 1. The third kappa shape index (κ3) is 22.7. The molecule has 9 aliphatic rings. The number of carboxylic acids is 1. The molecule has 3 saturated carbocycles. The Morgan fingerprint density at radius 3 is 0.983 bits per heavy atom. The highest BCUT2D eigenvalue weighted by atomic mass is 35.5. The zero-order valence-corrected chi connectivity index (χ0v) is 72.6. The van der Waals surface area contributed by atoms with E-state index in [4.69, 9.17) is 36.9 Å². The normalized spacial score (nSPS) is 24.5. The fourth-order valence-electron chi connectivity index (χ4n) is 21.7. The molecule has 9 fully saturated rings. The number of benzene rings is 5. The standard InChI is InChI=1S/C34H43N3O4.C27H37N3O4.C23H30ClN3O.C10H13NO3.3ClH/c38-22-25(34(40)41-23-24-11-5-4-6-12-24)19-31-33(39)37(32-16-10-9-15-30(32)35-31)29-20-27-17-18-28(21-29)36(27)26-13-7-2-1-3-8-14-26;31-17-18(27(33)34)14-24-26(32)30(25-11-7-6-10-23(25)28-24)22-15-20-12-13-21(16-22)29(20)19-8-4-2-1-3-5-9-19;24-22-23(28)27(21-11-7-6-10-20(21)25-22)19-14-17-12-13-18(15-19)26(17)16-8-4-2-1-3-5-9-16;11-9(6-12)10(13)14-7-8-4-2-1-3-5-8;;;/h4-6,9-12,15-16,25-29,38H,1-3,7-8,13-14,17-23H2;6-7,10-11,18-22,31H,1-5,8-9,12-17H2,(H,33,34);6-7,10-11,16-19H,1-5,8-9,12-15H2;1-5,9,12H,6-7,11H2;3*1H/t25-,27-,28+,29?;18-,20-,21+,22?;17-,18+,19?;9-;;;/m11.1.../s1. The van der Waals surface area contributed by atoms with Gasteiger partial charge in [-0.1, -0.05) is 205 Å². The number of ether oxygens (including phenoxy) is 2. The van der Waals surface area contributed by atoms with Crippen LogP contribution in [-0.2, 0) is 49.9 Å². The number of carbonyl (C=O) groups is 3. The van der Waals surface area contributed by atoms with Crippen molar-refractivity contribution >= 4 is 99.8 Å². The molecule has 6 saturated heterocycles. The molecule has 9 heterocycles. The second kappa shape index (κ2) is 45.4. The van der Waals surface area contributed by atoms with Crippen LogP contribution < -0.4 is 22.4 Å². The fourth-order valence-corrected chi connectivity index (χ4v) is 21.9. The third-order valence-electron chi connectivity index (χ3n) is 27.3. The van der Waals surface area contributed by atoms with Gasteiger partial charge in [0, 0.05) is 85.3 Å². The third-order valence-corrected chi connectivity index (χ3v) is 27.6. The summed E-state index contributed by atoms with van der Waals surface area (Å²) in [5.41, 5.74) is 12.1. The van der Waals surface area contributed by atoms with Crippen molar-refractivity contribution < 1.29 is 44.3 Å².